The second-order valence-electron chi connectivity index (χ2n) is 7.62. The third-order valence-corrected chi connectivity index (χ3v) is 6.28. The Balaban J connectivity index is 1.91. The largest absolute Gasteiger partial charge is 0.311 e. The second kappa shape index (κ2) is 8.53. The number of nitrogens with one attached hydrogen (secondary N) is 1. The van der Waals surface area contributed by atoms with Crippen LogP contribution >= 0.6 is 0 Å². The van der Waals surface area contributed by atoms with E-state index in [1.54, 1.807) is 0 Å². The zero-order chi connectivity index (χ0) is 15.2. The number of hydrogen-bond donors (Lipinski definition) is 1. The van der Waals surface area contributed by atoms with Gasteiger partial charge >= 0.3 is 0 Å². The number of hydrogen-bond acceptors (Lipinski definition) is 2. The molecule has 1 aliphatic heterocycles. The van der Waals surface area contributed by atoms with Crippen LogP contribution in [0.25, 0.3) is 0 Å². The first kappa shape index (κ1) is 17.3. The first-order valence-electron chi connectivity index (χ1n) is 9.68. The summed E-state index contributed by atoms with van der Waals surface area (Å²) in [4.78, 5) is 2.90. The maximum Gasteiger partial charge on any atom is 0.0221 e. The summed E-state index contributed by atoms with van der Waals surface area (Å²) in [6.45, 7) is 12.0. The van der Waals surface area contributed by atoms with Crippen molar-refractivity contribution in [2.45, 2.75) is 97.2 Å². The minimum absolute atomic E-state index is 0.714. The Labute approximate surface area is 133 Å². The van der Waals surface area contributed by atoms with E-state index in [4.69, 9.17) is 0 Å². The monoisotopic (exact) mass is 294 g/mol. The lowest BCUT2D eigenvalue weighted by Gasteiger charge is -2.47. The van der Waals surface area contributed by atoms with E-state index in [2.05, 4.69) is 37.9 Å². The SMILES string of the molecule is CCCC1CCC(N2CC(C(C)CC)NCC2CC)CC1. The van der Waals surface area contributed by atoms with Crippen molar-refractivity contribution in [2.75, 3.05) is 13.1 Å². The van der Waals surface area contributed by atoms with E-state index in [0.717, 1.165) is 23.9 Å². The molecule has 1 saturated heterocycles. The highest BCUT2D eigenvalue weighted by Crippen LogP contribution is 2.33. The molecule has 0 bridgehead atoms. The molecular weight excluding hydrogens is 256 g/mol. The third-order valence-electron chi connectivity index (χ3n) is 6.28. The maximum absolute atomic E-state index is 3.83. The summed E-state index contributed by atoms with van der Waals surface area (Å²) >= 11 is 0. The van der Waals surface area contributed by atoms with Crippen molar-refractivity contribution in [3.05, 3.63) is 0 Å². The van der Waals surface area contributed by atoms with Crippen molar-refractivity contribution < 1.29 is 0 Å². The molecule has 0 aromatic carbocycles. The van der Waals surface area contributed by atoms with Crippen LogP contribution < -0.4 is 5.32 Å². The van der Waals surface area contributed by atoms with Gasteiger partial charge in [0.05, 0.1) is 0 Å². The molecule has 2 nitrogen and oxygen atoms in total. The van der Waals surface area contributed by atoms with Crippen LogP contribution in [0.1, 0.15) is 79.1 Å². The van der Waals surface area contributed by atoms with Gasteiger partial charge in [0.1, 0.15) is 0 Å². The molecule has 0 aromatic heterocycles. The van der Waals surface area contributed by atoms with Gasteiger partial charge in [-0.2, -0.15) is 0 Å². The lowest BCUT2D eigenvalue weighted by Crippen LogP contribution is -2.61. The fraction of sp³-hybridized carbons (Fsp3) is 1.00. The average molecular weight is 295 g/mol. The molecule has 3 atom stereocenters. The molecule has 1 aliphatic carbocycles. The zero-order valence-electron chi connectivity index (χ0n) is 14.9. The van der Waals surface area contributed by atoms with Gasteiger partial charge in [-0.05, 0) is 43.9 Å². The fourth-order valence-electron chi connectivity index (χ4n) is 4.51. The Morgan fingerprint density at radius 1 is 1.10 bits per heavy atom. The summed E-state index contributed by atoms with van der Waals surface area (Å²) in [5.41, 5.74) is 0. The molecule has 1 heterocycles. The van der Waals surface area contributed by atoms with E-state index in [1.807, 2.05) is 0 Å². The Morgan fingerprint density at radius 2 is 1.81 bits per heavy atom. The lowest BCUT2D eigenvalue weighted by atomic mass is 9.81. The molecule has 1 saturated carbocycles. The highest BCUT2D eigenvalue weighted by molar-refractivity contribution is 4.92. The number of nitrogens with zero attached hydrogens (tertiary/aromatic N) is 1. The molecular formula is C19H38N2. The molecule has 2 fully saturated rings. The Kier molecular flexibility index (Phi) is 7.01. The minimum Gasteiger partial charge on any atom is -0.311 e. The van der Waals surface area contributed by atoms with E-state index < -0.39 is 0 Å². The van der Waals surface area contributed by atoms with Gasteiger partial charge in [0.15, 0.2) is 0 Å². The lowest BCUT2D eigenvalue weighted by molar-refractivity contribution is 0.0393. The van der Waals surface area contributed by atoms with Gasteiger partial charge in [-0.3, -0.25) is 4.90 Å². The predicted molar refractivity (Wildman–Crippen MR) is 92.7 cm³/mol. The number of rotatable bonds is 6. The van der Waals surface area contributed by atoms with Gasteiger partial charge in [-0.15, -0.1) is 0 Å². The topological polar surface area (TPSA) is 15.3 Å². The summed E-state index contributed by atoms with van der Waals surface area (Å²) in [5, 5.41) is 3.83. The minimum atomic E-state index is 0.714. The fourth-order valence-corrected chi connectivity index (χ4v) is 4.51. The predicted octanol–water partition coefficient (Wildman–Crippen LogP) is 4.44. The molecule has 2 aliphatic rings. The molecule has 2 heteroatoms. The van der Waals surface area contributed by atoms with E-state index in [9.17, 15) is 0 Å². The highest BCUT2D eigenvalue weighted by Gasteiger charge is 2.35. The Bertz CT molecular complexity index is 283. The molecule has 124 valence electrons. The van der Waals surface area contributed by atoms with Crippen molar-refractivity contribution in [2.24, 2.45) is 11.8 Å². The normalized spacial score (nSPS) is 36.6. The molecule has 0 aromatic rings. The van der Waals surface area contributed by atoms with Crippen molar-refractivity contribution in [3.8, 4) is 0 Å². The standard InChI is InChI=1S/C19H38N2/c1-5-8-16-9-11-18(12-10-16)21-14-19(15(4)6-2)20-13-17(21)7-3/h15-20H,5-14H2,1-4H3. The molecule has 2 rings (SSSR count). The van der Waals surface area contributed by atoms with Gasteiger partial charge in [-0.25, -0.2) is 0 Å². The van der Waals surface area contributed by atoms with Crippen LogP contribution in [0.3, 0.4) is 0 Å². The maximum atomic E-state index is 3.83. The van der Waals surface area contributed by atoms with E-state index >= 15 is 0 Å². The van der Waals surface area contributed by atoms with Crippen LogP contribution in [0.15, 0.2) is 0 Å². The molecule has 0 amide bonds. The van der Waals surface area contributed by atoms with Crippen LogP contribution in [0.5, 0.6) is 0 Å². The van der Waals surface area contributed by atoms with E-state index in [-0.39, 0.29) is 0 Å². The quantitative estimate of drug-likeness (QED) is 0.779. The molecule has 1 N–H and O–H groups in total. The molecule has 0 spiro atoms. The molecule has 0 radical (unpaired) electrons. The summed E-state index contributed by atoms with van der Waals surface area (Å²) in [6, 6.07) is 2.36. The summed E-state index contributed by atoms with van der Waals surface area (Å²) in [5.74, 6) is 1.83. The highest BCUT2D eigenvalue weighted by atomic mass is 15.3. The first-order chi connectivity index (χ1) is 10.2. The van der Waals surface area contributed by atoms with Crippen molar-refractivity contribution >= 4 is 0 Å². The summed E-state index contributed by atoms with van der Waals surface area (Å²) in [7, 11) is 0. The van der Waals surface area contributed by atoms with E-state index in [0.29, 0.717) is 6.04 Å². The molecule has 21 heavy (non-hydrogen) atoms. The summed E-state index contributed by atoms with van der Waals surface area (Å²) < 4.78 is 0. The van der Waals surface area contributed by atoms with Crippen LogP contribution in [0.2, 0.25) is 0 Å². The molecule has 3 unspecified atom stereocenters. The Hall–Kier alpha value is -0.0800. The zero-order valence-corrected chi connectivity index (χ0v) is 14.9. The van der Waals surface area contributed by atoms with Crippen LogP contribution in [0, 0.1) is 11.8 Å². The second-order valence-corrected chi connectivity index (χ2v) is 7.62. The Morgan fingerprint density at radius 3 is 2.38 bits per heavy atom. The average Bonchev–Trinajstić information content (AvgIpc) is 2.54. The first-order valence-corrected chi connectivity index (χ1v) is 9.68. The van der Waals surface area contributed by atoms with Gasteiger partial charge in [0.25, 0.3) is 0 Å². The van der Waals surface area contributed by atoms with Crippen LogP contribution in [-0.4, -0.2) is 36.1 Å². The van der Waals surface area contributed by atoms with Crippen LogP contribution in [0.4, 0.5) is 0 Å². The number of piperazine rings is 1. The summed E-state index contributed by atoms with van der Waals surface area (Å²) in [6.07, 6.45) is 11.3. The van der Waals surface area contributed by atoms with Crippen molar-refractivity contribution in [3.63, 3.8) is 0 Å². The smallest absolute Gasteiger partial charge is 0.0221 e. The van der Waals surface area contributed by atoms with Crippen LogP contribution in [-0.2, 0) is 0 Å². The van der Waals surface area contributed by atoms with Gasteiger partial charge in [0.2, 0.25) is 0 Å². The van der Waals surface area contributed by atoms with Gasteiger partial charge in [0, 0.05) is 31.2 Å². The van der Waals surface area contributed by atoms with E-state index in [1.165, 1.54) is 64.5 Å². The van der Waals surface area contributed by atoms with Gasteiger partial charge in [-0.1, -0.05) is 47.0 Å². The van der Waals surface area contributed by atoms with Crippen molar-refractivity contribution in [1.29, 1.82) is 0 Å². The van der Waals surface area contributed by atoms with Crippen molar-refractivity contribution in [1.82, 2.24) is 10.2 Å². The third kappa shape index (κ3) is 4.45. The van der Waals surface area contributed by atoms with Gasteiger partial charge < -0.3 is 5.32 Å².